The molecule has 0 aliphatic rings. The highest BCUT2D eigenvalue weighted by molar-refractivity contribution is 7.89. The molecule has 0 spiro atoms. The van der Waals surface area contributed by atoms with Crippen molar-refractivity contribution in [1.82, 2.24) is 4.31 Å². The smallest absolute Gasteiger partial charge is 0.306 e. The van der Waals surface area contributed by atoms with Crippen molar-refractivity contribution < 1.29 is 17.9 Å². The van der Waals surface area contributed by atoms with Crippen LogP contribution >= 0.6 is 0 Å². The lowest BCUT2D eigenvalue weighted by molar-refractivity contribution is -0.142. The fourth-order valence-electron chi connectivity index (χ4n) is 1.23. The molecule has 0 unspecified atom stereocenters. The van der Waals surface area contributed by atoms with Gasteiger partial charge in [0.1, 0.15) is 6.54 Å². The third-order valence-corrected chi connectivity index (χ3v) is 4.01. The molecule has 0 bridgehead atoms. The van der Waals surface area contributed by atoms with Gasteiger partial charge in [-0.05, 0) is 20.8 Å². The third kappa shape index (κ3) is 5.65. The molecule has 98 valence electrons. The van der Waals surface area contributed by atoms with E-state index in [2.05, 4.69) is 4.74 Å². The molecule has 0 saturated heterocycles. The molecule has 0 rings (SSSR count). The average molecular weight is 262 g/mol. The predicted molar refractivity (Wildman–Crippen MR) is 62.5 cm³/mol. The Bertz CT molecular complexity index is 384. The second kappa shape index (κ2) is 7.25. The number of esters is 1. The second-order valence-corrected chi connectivity index (χ2v) is 5.71. The Kier molecular flexibility index (Phi) is 6.76. The number of ether oxygens (including phenoxy) is 1. The quantitative estimate of drug-likeness (QED) is 0.492. The zero-order valence-corrected chi connectivity index (χ0v) is 11.2. The summed E-state index contributed by atoms with van der Waals surface area (Å²) in [6.45, 7) is 5.04. The van der Waals surface area contributed by atoms with Crippen molar-refractivity contribution in [2.45, 2.75) is 33.2 Å². The van der Waals surface area contributed by atoms with Crippen LogP contribution in [0.5, 0.6) is 0 Å². The van der Waals surface area contributed by atoms with Crippen LogP contribution in [0.2, 0.25) is 0 Å². The highest BCUT2D eigenvalue weighted by Crippen LogP contribution is 2.08. The standard InChI is InChI=1S/C10H18N2O4S/c1-4-16-10(13)5-8-17(14,15)12(7-6-11)9(2)3/h9H,4-5,7-8H2,1-3H3. The van der Waals surface area contributed by atoms with E-state index in [-0.39, 0.29) is 31.4 Å². The summed E-state index contributed by atoms with van der Waals surface area (Å²) in [4.78, 5) is 11.1. The summed E-state index contributed by atoms with van der Waals surface area (Å²) >= 11 is 0. The van der Waals surface area contributed by atoms with Gasteiger partial charge in [0.15, 0.2) is 0 Å². The number of sulfonamides is 1. The van der Waals surface area contributed by atoms with Crippen LogP contribution in [0.25, 0.3) is 0 Å². The largest absolute Gasteiger partial charge is 0.466 e. The Balaban J connectivity index is 4.55. The van der Waals surface area contributed by atoms with Crippen LogP contribution in [0.15, 0.2) is 0 Å². The molecule has 0 aromatic carbocycles. The monoisotopic (exact) mass is 262 g/mol. The maximum absolute atomic E-state index is 11.8. The average Bonchev–Trinajstić information content (AvgIpc) is 2.23. The van der Waals surface area contributed by atoms with Crippen molar-refractivity contribution in [3.8, 4) is 6.07 Å². The van der Waals surface area contributed by atoms with E-state index in [9.17, 15) is 13.2 Å². The molecule has 0 aromatic heterocycles. The molecule has 0 radical (unpaired) electrons. The van der Waals surface area contributed by atoms with E-state index >= 15 is 0 Å². The van der Waals surface area contributed by atoms with Crippen LogP contribution in [-0.2, 0) is 19.6 Å². The molecule has 0 aliphatic carbocycles. The van der Waals surface area contributed by atoms with Crippen molar-refractivity contribution in [1.29, 1.82) is 5.26 Å². The molecule has 0 amide bonds. The number of hydrogen-bond acceptors (Lipinski definition) is 5. The van der Waals surface area contributed by atoms with Crippen LogP contribution in [0.4, 0.5) is 0 Å². The van der Waals surface area contributed by atoms with Crippen molar-refractivity contribution in [3.63, 3.8) is 0 Å². The number of rotatable bonds is 7. The number of carbonyl (C=O) groups excluding carboxylic acids is 1. The zero-order chi connectivity index (χ0) is 13.5. The molecule has 0 aromatic rings. The van der Waals surface area contributed by atoms with E-state index in [1.807, 2.05) is 0 Å². The lowest BCUT2D eigenvalue weighted by atomic mass is 10.4. The SMILES string of the molecule is CCOC(=O)CCS(=O)(=O)N(CC#N)C(C)C. The Morgan fingerprint density at radius 1 is 1.47 bits per heavy atom. The molecule has 0 heterocycles. The van der Waals surface area contributed by atoms with E-state index in [1.54, 1.807) is 26.8 Å². The van der Waals surface area contributed by atoms with Gasteiger partial charge in [-0.1, -0.05) is 0 Å². The summed E-state index contributed by atoms with van der Waals surface area (Å²) in [6, 6.07) is 1.49. The number of carbonyl (C=O) groups is 1. The molecule has 17 heavy (non-hydrogen) atoms. The van der Waals surface area contributed by atoms with Crippen LogP contribution in [0.3, 0.4) is 0 Å². The molecular weight excluding hydrogens is 244 g/mol. The van der Waals surface area contributed by atoms with Crippen molar-refractivity contribution >= 4 is 16.0 Å². The van der Waals surface area contributed by atoms with Gasteiger partial charge in [-0.2, -0.15) is 9.57 Å². The number of hydrogen-bond donors (Lipinski definition) is 0. The maximum atomic E-state index is 11.8. The highest BCUT2D eigenvalue weighted by Gasteiger charge is 2.25. The molecule has 0 aliphatic heterocycles. The van der Waals surface area contributed by atoms with E-state index in [1.165, 1.54) is 0 Å². The van der Waals surface area contributed by atoms with Gasteiger partial charge in [0.2, 0.25) is 10.0 Å². The van der Waals surface area contributed by atoms with Crippen LogP contribution in [0, 0.1) is 11.3 Å². The molecule has 0 N–H and O–H groups in total. The van der Waals surface area contributed by atoms with E-state index < -0.39 is 16.0 Å². The summed E-state index contributed by atoms with van der Waals surface area (Å²) in [6.07, 6.45) is -0.190. The number of nitriles is 1. The minimum Gasteiger partial charge on any atom is -0.466 e. The Hall–Kier alpha value is -1.13. The second-order valence-electron chi connectivity index (χ2n) is 3.67. The van der Waals surface area contributed by atoms with Gasteiger partial charge in [-0.3, -0.25) is 4.79 Å². The Labute approximate surface area is 102 Å². The van der Waals surface area contributed by atoms with Gasteiger partial charge in [0.05, 0.1) is 24.8 Å². The van der Waals surface area contributed by atoms with Crippen molar-refractivity contribution in [2.75, 3.05) is 18.9 Å². The lowest BCUT2D eigenvalue weighted by Crippen LogP contribution is -2.39. The van der Waals surface area contributed by atoms with E-state index in [4.69, 9.17) is 5.26 Å². The number of nitrogens with zero attached hydrogens (tertiary/aromatic N) is 2. The molecular formula is C10H18N2O4S. The van der Waals surface area contributed by atoms with Crippen molar-refractivity contribution in [2.24, 2.45) is 0 Å². The summed E-state index contributed by atoms with van der Waals surface area (Å²) < 4.78 is 29.4. The van der Waals surface area contributed by atoms with Gasteiger partial charge in [-0.25, -0.2) is 8.42 Å². The lowest BCUT2D eigenvalue weighted by Gasteiger charge is -2.22. The minimum absolute atomic E-state index is 0.190. The first-order chi connectivity index (χ1) is 7.85. The van der Waals surface area contributed by atoms with E-state index in [0.717, 1.165) is 4.31 Å². The summed E-state index contributed by atoms with van der Waals surface area (Å²) in [7, 11) is -3.59. The van der Waals surface area contributed by atoms with Gasteiger partial charge >= 0.3 is 5.97 Å². The van der Waals surface area contributed by atoms with Gasteiger partial charge < -0.3 is 4.74 Å². The predicted octanol–water partition coefficient (Wildman–Crippen LogP) is 0.503. The van der Waals surface area contributed by atoms with Crippen LogP contribution < -0.4 is 0 Å². The van der Waals surface area contributed by atoms with E-state index in [0.29, 0.717) is 0 Å². The topological polar surface area (TPSA) is 87.5 Å². The Morgan fingerprint density at radius 2 is 2.06 bits per heavy atom. The Morgan fingerprint density at radius 3 is 2.47 bits per heavy atom. The normalized spacial score (nSPS) is 11.5. The molecule has 0 fully saturated rings. The summed E-state index contributed by atoms with van der Waals surface area (Å²) in [5, 5.41) is 8.56. The van der Waals surface area contributed by atoms with Crippen LogP contribution in [-0.4, -0.2) is 43.6 Å². The van der Waals surface area contributed by atoms with Gasteiger partial charge in [0.25, 0.3) is 0 Å². The summed E-state index contributed by atoms with van der Waals surface area (Å²) in [5.41, 5.74) is 0. The van der Waals surface area contributed by atoms with Crippen molar-refractivity contribution in [3.05, 3.63) is 0 Å². The molecule has 7 heteroatoms. The summed E-state index contributed by atoms with van der Waals surface area (Å²) in [5.74, 6) is -0.872. The molecule has 0 atom stereocenters. The fraction of sp³-hybridized carbons (Fsp3) is 0.800. The van der Waals surface area contributed by atoms with Gasteiger partial charge in [-0.15, -0.1) is 0 Å². The minimum atomic E-state index is -3.59. The maximum Gasteiger partial charge on any atom is 0.306 e. The first-order valence-corrected chi connectivity index (χ1v) is 6.98. The first kappa shape index (κ1) is 15.9. The van der Waals surface area contributed by atoms with Crippen LogP contribution in [0.1, 0.15) is 27.2 Å². The fourth-order valence-corrected chi connectivity index (χ4v) is 2.79. The third-order valence-electron chi connectivity index (χ3n) is 2.03. The molecule has 0 saturated carbocycles. The zero-order valence-electron chi connectivity index (χ0n) is 10.3. The molecule has 6 nitrogen and oxygen atoms in total. The first-order valence-electron chi connectivity index (χ1n) is 5.37. The van der Waals surface area contributed by atoms with Gasteiger partial charge in [0, 0.05) is 6.04 Å². The highest BCUT2D eigenvalue weighted by atomic mass is 32.2.